The molecule has 0 saturated heterocycles. The standard InChI is InChI=1S/C15H13N3O3/c1-17(12-3-6-14(21-2)7-4-12)13-5-8-15(18(19)20)11(9-13)10-16/h3-9H,1-2H3. The van der Waals surface area contributed by atoms with Crippen LogP contribution in [-0.4, -0.2) is 19.1 Å². The maximum absolute atomic E-state index is 10.8. The molecule has 0 saturated carbocycles. The lowest BCUT2D eigenvalue weighted by molar-refractivity contribution is -0.385. The van der Waals surface area contributed by atoms with Gasteiger partial charge in [-0.15, -0.1) is 0 Å². The Hall–Kier alpha value is -3.07. The molecule has 0 radical (unpaired) electrons. The van der Waals surface area contributed by atoms with E-state index in [0.29, 0.717) is 5.69 Å². The second kappa shape index (κ2) is 5.92. The highest BCUT2D eigenvalue weighted by molar-refractivity contribution is 5.67. The minimum absolute atomic E-state index is 0.0397. The van der Waals surface area contributed by atoms with Crippen molar-refractivity contribution in [1.29, 1.82) is 5.26 Å². The topological polar surface area (TPSA) is 79.4 Å². The second-order valence-electron chi connectivity index (χ2n) is 4.33. The van der Waals surface area contributed by atoms with E-state index in [4.69, 9.17) is 10.00 Å². The van der Waals surface area contributed by atoms with Gasteiger partial charge in [0.2, 0.25) is 0 Å². The number of methoxy groups -OCH3 is 1. The number of ether oxygens (including phenoxy) is 1. The van der Waals surface area contributed by atoms with Gasteiger partial charge < -0.3 is 9.64 Å². The number of nitriles is 1. The molecule has 0 amide bonds. The van der Waals surface area contributed by atoms with Gasteiger partial charge >= 0.3 is 0 Å². The number of nitrogens with zero attached hydrogens (tertiary/aromatic N) is 3. The van der Waals surface area contributed by atoms with E-state index in [2.05, 4.69) is 0 Å². The van der Waals surface area contributed by atoms with E-state index in [9.17, 15) is 10.1 Å². The van der Waals surface area contributed by atoms with Gasteiger partial charge in [-0.1, -0.05) is 0 Å². The van der Waals surface area contributed by atoms with Crippen molar-refractivity contribution in [2.45, 2.75) is 0 Å². The Balaban J connectivity index is 2.36. The normalized spacial score (nSPS) is 9.76. The number of hydrogen-bond acceptors (Lipinski definition) is 5. The third kappa shape index (κ3) is 2.92. The maximum atomic E-state index is 10.8. The molecule has 0 aliphatic rings. The SMILES string of the molecule is COc1ccc(N(C)c2ccc([N+](=O)[O-])c(C#N)c2)cc1. The molecular weight excluding hydrogens is 270 g/mol. The zero-order valence-corrected chi connectivity index (χ0v) is 11.6. The van der Waals surface area contributed by atoms with E-state index in [0.717, 1.165) is 11.4 Å². The molecule has 2 rings (SSSR count). The highest BCUT2D eigenvalue weighted by atomic mass is 16.6. The van der Waals surface area contributed by atoms with Crippen LogP contribution in [0.3, 0.4) is 0 Å². The van der Waals surface area contributed by atoms with E-state index in [-0.39, 0.29) is 11.3 Å². The Morgan fingerprint density at radius 3 is 2.33 bits per heavy atom. The number of anilines is 2. The molecule has 0 aliphatic heterocycles. The summed E-state index contributed by atoms with van der Waals surface area (Å²) in [6, 6.07) is 13.7. The van der Waals surface area contributed by atoms with Crippen LogP contribution in [-0.2, 0) is 0 Å². The van der Waals surface area contributed by atoms with Crippen LogP contribution >= 0.6 is 0 Å². The largest absolute Gasteiger partial charge is 0.497 e. The van der Waals surface area contributed by atoms with Crippen LogP contribution in [0.15, 0.2) is 42.5 Å². The summed E-state index contributed by atoms with van der Waals surface area (Å²) in [5, 5.41) is 19.9. The summed E-state index contributed by atoms with van der Waals surface area (Å²) < 4.78 is 5.10. The van der Waals surface area contributed by atoms with E-state index in [1.165, 1.54) is 12.1 Å². The lowest BCUT2D eigenvalue weighted by Crippen LogP contribution is -2.09. The number of nitro groups is 1. The minimum atomic E-state index is -0.560. The van der Waals surface area contributed by atoms with Gasteiger partial charge in [0.25, 0.3) is 5.69 Å². The predicted octanol–water partition coefficient (Wildman–Crippen LogP) is 3.24. The fourth-order valence-electron chi connectivity index (χ4n) is 1.94. The van der Waals surface area contributed by atoms with E-state index in [1.54, 1.807) is 13.2 Å². The van der Waals surface area contributed by atoms with Crippen molar-refractivity contribution >= 4 is 17.1 Å². The zero-order valence-electron chi connectivity index (χ0n) is 11.6. The Morgan fingerprint density at radius 2 is 1.81 bits per heavy atom. The van der Waals surface area contributed by atoms with Crippen molar-refractivity contribution in [3.8, 4) is 11.8 Å². The Bertz CT molecular complexity index is 705. The summed E-state index contributed by atoms with van der Waals surface area (Å²) in [5.41, 5.74) is 1.43. The Morgan fingerprint density at radius 1 is 1.19 bits per heavy atom. The van der Waals surface area contributed by atoms with Crippen molar-refractivity contribution in [2.24, 2.45) is 0 Å². The molecule has 0 aliphatic carbocycles. The van der Waals surface area contributed by atoms with Crippen molar-refractivity contribution in [2.75, 3.05) is 19.1 Å². The molecule has 0 bridgehead atoms. The zero-order chi connectivity index (χ0) is 15.4. The first-order chi connectivity index (χ1) is 10.1. The highest BCUT2D eigenvalue weighted by Crippen LogP contribution is 2.29. The van der Waals surface area contributed by atoms with Crippen LogP contribution in [0.4, 0.5) is 17.1 Å². The average molecular weight is 283 g/mol. The van der Waals surface area contributed by atoms with Crippen molar-refractivity contribution in [1.82, 2.24) is 0 Å². The first-order valence-electron chi connectivity index (χ1n) is 6.13. The number of benzene rings is 2. The van der Waals surface area contributed by atoms with Gasteiger partial charge in [-0.3, -0.25) is 10.1 Å². The number of nitro benzene ring substituents is 1. The highest BCUT2D eigenvalue weighted by Gasteiger charge is 2.15. The molecule has 0 aromatic heterocycles. The van der Waals surface area contributed by atoms with Crippen LogP contribution in [0.5, 0.6) is 5.75 Å². The molecule has 2 aromatic rings. The van der Waals surface area contributed by atoms with Crippen LogP contribution in [0.25, 0.3) is 0 Å². The third-order valence-corrected chi connectivity index (χ3v) is 3.14. The van der Waals surface area contributed by atoms with Crippen molar-refractivity contribution in [3.05, 3.63) is 58.1 Å². The summed E-state index contributed by atoms with van der Waals surface area (Å²) >= 11 is 0. The first kappa shape index (κ1) is 14.3. The van der Waals surface area contributed by atoms with E-state index in [1.807, 2.05) is 42.3 Å². The molecule has 6 heteroatoms. The molecule has 2 aromatic carbocycles. The summed E-state index contributed by atoms with van der Waals surface area (Å²) in [5.74, 6) is 0.744. The summed E-state index contributed by atoms with van der Waals surface area (Å²) in [6.07, 6.45) is 0. The van der Waals surface area contributed by atoms with Crippen LogP contribution in [0, 0.1) is 21.4 Å². The van der Waals surface area contributed by atoms with Crippen molar-refractivity contribution < 1.29 is 9.66 Å². The first-order valence-corrected chi connectivity index (χ1v) is 6.13. The molecule has 0 atom stereocenters. The molecule has 0 N–H and O–H groups in total. The number of rotatable bonds is 4. The van der Waals surface area contributed by atoms with E-state index < -0.39 is 4.92 Å². The average Bonchev–Trinajstić information content (AvgIpc) is 2.53. The molecule has 0 heterocycles. The fraction of sp³-hybridized carbons (Fsp3) is 0.133. The smallest absolute Gasteiger partial charge is 0.287 e. The molecule has 106 valence electrons. The molecular formula is C15H13N3O3. The van der Waals surface area contributed by atoms with Gasteiger partial charge in [0, 0.05) is 24.5 Å². The lowest BCUT2D eigenvalue weighted by atomic mass is 10.1. The van der Waals surface area contributed by atoms with Crippen LogP contribution < -0.4 is 9.64 Å². The molecule has 0 fully saturated rings. The van der Waals surface area contributed by atoms with Gasteiger partial charge in [-0.05, 0) is 36.4 Å². The van der Waals surface area contributed by atoms with Crippen molar-refractivity contribution in [3.63, 3.8) is 0 Å². The number of hydrogen-bond donors (Lipinski definition) is 0. The molecule has 0 unspecified atom stereocenters. The molecule has 21 heavy (non-hydrogen) atoms. The lowest BCUT2D eigenvalue weighted by Gasteiger charge is -2.19. The van der Waals surface area contributed by atoms with Gasteiger partial charge in [-0.25, -0.2) is 0 Å². The molecule has 6 nitrogen and oxygen atoms in total. The summed E-state index contributed by atoms with van der Waals surface area (Å²) in [7, 11) is 3.42. The monoisotopic (exact) mass is 283 g/mol. The molecule has 0 spiro atoms. The van der Waals surface area contributed by atoms with Crippen LogP contribution in [0.1, 0.15) is 5.56 Å². The van der Waals surface area contributed by atoms with E-state index >= 15 is 0 Å². The Kier molecular flexibility index (Phi) is 4.05. The Labute approximate surface area is 122 Å². The second-order valence-corrected chi connectivity index (χ2v) is 4.33. The van der Waals surface area contributed by atoms with Gasteiger partial charge in [0.15, 0.2) is 0 Å². The van der Waals surface area contributed by atoms with Crippen LogP contribution in [0.2, 0.25) is 0 Å². The maximum Gasteiger partial charge on any atom is 0.287 e. The predicted molar refractivity (Wildman–Crippen MR) is 78.9 cm³/mol. The van der Waals surface area contributed by atoms with Gasteiger partial charge in [0.1, 0.15) is 17.4 Å². The summed E-state index contributed by atoms with van der Waals surface area (Å²) in [6.45, 7) is 0. The quantitative estimate of drug-likeness (QED) is 0.635. The fourth-order valence-corrected chi connectivity index (χ4v) is 1.94. The third-order valence-electron chi connectivity index (χ3n) is 3.14. The minimum Gasteiger partial charge on any atom is -0.497 e. The van der Waals surface area contributed by atoms with Gasteiger partial charge in [0.05, 0.1) is 12.0 Å². The summed E-state index contributed by atoms with van der Waals surface area (Å²) in [4.78, 5) is 12.1. The van der Waals surface area contributed by atoms with Gasteiger partial charge in [-0.2, -0.15) is 5.26 Å².